The fraction of sp³-hybridized carbons (Fsp3) is 0.765. The lowest BCUT2D eigenvalue weighted by Crippen LogP contribution is -2.43. The molecular weight excluding hydrogens is 260 g/mol. The molecule has 0 atom stereocenters. The molecule has 4 nitrogen and oxygen atoms in total. The largest absolute Gasteiger partial charge is 0.356 e. The van der Waals surface area contributed by atoms with Gasteiger partial charge in [0.25, 0.3) is 0 Å². The van der Waals surface area contributed by atoms with Crippen LogP contribution >= 0.6 is 0 Å². The van der Waals surface area contributed by atoms with E-state index in [-0.39, 0.29) is 0 Å². The maximum Gasteiger partial charge on any atom is 0.133 e. The summed E-state index contributed by atoms with van der Waals surface area (Å²) in [6.07, 6.45) is 5.33. The molecule has 1 N–H and O–H groups in total. The van der Waals surface area contributed by atoms with Gasteiger partial charge < -0.3 is 10.2 Å². The van der Waals surface area contributed by atoms with Gasteiger partial charge in [0.05, 0.1) is 0 Å². The average Bonchev–Trinajstić information content (AvgIpc) is 3.29. The summed E-state index contributed by atoms with van der Waals surface area (Å²) in [5, 5.41) is 3.74. The number of piperidine rings is 1. The van der Waals surface area contributed by atoms with Crippen molar-refractivity contribution in [2.24, 2.45) is 5.92 Å². The van der Waals surface area contributed by atoms with Crippen LogP contribution in [0.5, 0.6) is 0 Å². The van der Waals surface area contributed by atoms with Gasteiger partial charge >= 0.3 is 0 Å². The topological polar surface area (TPSA) is 41.0 Å². The first kappa shape index (κ1) is 14.8. The minimum atomic E-state index is 0.390. The summed E-state index contributed by atoms with van der Waals surface area (Å²) in [6.45, 7) is 9.83. The first-order chi connectivity index (χ1) is 10.1. The van der Waals surface area contributed by atoms with Crippen LogP contribution in [0.15, 0.2) is 6.07 Å². The molecule has 116 valence electrons. The molecule has 4 heteroatoms. The standard InChI is InChI=1S/C17H28N4/c1-12(2)17-19-13(3)10-16(20-17)21-8-6-15(7-9-21)18-11-14-4-5-14/h10,12,14-15,18H,4-9,11H2,1-3H3. The summed E-state index contributed by atoms with van der Waals surface area (Å²) in [4.78, 5) is 11.7. The van der Waals surface area contributed by atoms with Gasteiger partial charge in [0, 0.05) is 36.8 Å². The summed E-state index contributed by atoms with van der Waals surface area (Å²) in [5.41, 5.74) is 1.08. The number of hydrogen-bond acceptors (Lipinski definition) is 4. The van der Waals surface area contributed by atoms with Gasteiger partial charge in [-0.3, -0.25) is 0 Å². The number of nitrogens with zero attached hydrogens (tertiary/aromatic N) is 3. The Morgan fingerprint density at radius 1 is 1.19 bits per heavy atom. The van der Waals surface area contributed by atoms with Crippen LogP contribution in [0.1, 0.15) is 57.0 Å². The quantitative estimate of drug-likeness (QED) is 0.904. The molecule has 2 fully saturated rings. The van der Waals surface area contributed by atoms with E-state index in [1.54, 1.807) is 0 Å². The van der Waals surface area contributed by atoms with Crippen LogP contribution < -0.4 is 10.2 Å². The highest BCUT2D eigenvalue weighted by atomic mass is 15.2. The molecule has 0 amide bonds. The van der Waals surface area contributed by atoms with Crippen molar-refractivity contribution in [3.8, 4) is 0 Å². The van der Waals surface area contributed by atoms with Crippen molar-refractivity contribution in [1.29, 1.82) is 0 Å². The molecule has 21 heavy (non-hydrogen) atoms. The lowest BCUT2D eigenvalue weighted by molar-refractivity contribution is 0.407. The predicted molar refractivity (Wildman–Crippen MR) is 86.8 cm³/mol. The number of rotatable bonds is 5. The monoisotopic (exact) mass is 288 g/mol. The molecule has 0 spiro atoms. The van der Waals surface area contributed by atoms with Gasteiger partial charge in [-0.15, -0.1) is 0 Å². The zero-order chi connectivity index (χ0) is 14.8. The molecule has 2 heterocycles. The van der Waals surface area contributed by atoms with Crippen molar-refractivity contribution in [3.05, 3.63) is 17.6 Å². The van der Waals surface area contributed by atoms with E-state index in [2.05, 4.69) is 42.0 Å². The highest BCUT2D eigenvalue weighted by Crippen LogP contribution is 2.28. The Kier molecular flexibility index (Phi) is 4.43. The van der Waals surface area contributed by atoms with Crippen molar-refractivity contribution in [3.63, 3.8) is 0 Å². The first-order valence-electron chi connectivity index (χ1n) is 8.45. The zero-order valence-electron chi connectivity index (χ0n) is 13.6. The smallest absolute Gasteiger partial charge is 0.133 e. The van der Waals surface area contributed by atoms with Gasteiger partial charge in [-0.1, -0.05) is 13.8 Å². The Labute approximate surface area is 128 Å². The minimum Gasteiger partial charge on any atom is -0.356 e. The van der Waals surface area contributed by atoms with Crippen LogP contribution in [-0.4, -0.2) is 35.6 Å². The lowest BCUT2D eigenvalue weighted by atomic mass is 10.0. The maximum absolute atomic E-state index is 4.76. The highest BCUT2D eigenvalue weighted by Gasteiger charge is 2.25. The Balaban J connectivity index is 1.58. The summed E-state index contributed by atoms with van der Waals surface area (Å²) >= 11 is 0. The molecule has 1 aromatic heterocycles. The summed E-state index contributed by atoms with van der Waals surface area (Å²) < 4.78 is 0. The average molecular weight is 288 g/mol. The van der Waals surface area contributed by atoms with Crippen LogP contribution in [0.3, 0.4) is 0 Å². The maximum atomic E-state index is 4.76. The Hall–Kier alpha value is -1.16. The van der Waals surface area contributed by atoms with Gasteiger partial charge in [-0.05, 0) is 45.1 Å². The van der Waals surface area contributed by atoms with Crippen LogP contribution in [0, 0.1) is 12.8 Å². The van der Waals surface area contributed by atoms with E-state index in [0.29, 0.717) is 12.0 Å². The number of aromatic nitrogens is 2. The summed E-state index contributed by atoms with van der Waals surface area (Å²) in [6, 6.07) is 2.83. The number of anilines is 1. The van der Waals surface area contributed by atoms with E-state index in [9.17, 15) is 0 Å². The second-order valence-electron chi connectivity index (χ2n) is 6.99. The van der Waals surface area contributed by atoms with E-state index in [4.69, 9.17) is 4.98 Å². The molecule has 1 saturated heterocycles. The van der Waals surface area contributed by atoms with Crippen LogP contribution in [0.4, 0.5) is 5.82 Å². The van der Waals surface area contributed by atoms with Crippen molar-refractivity contribution in [2.75, 3.05) is 24.5 Å². The fourth-order valence-corrected chi connectivity index (χ4v) is 2.96. The molecule has 0 aromatic carbocycles. The van der Waals surface area contributed by atoms with E-state index in [1.807, 2.05) is 0 Å². The predicted octanol–water partition coefficient (Wildman–Crippen LogP) is 2.88. The third kappa shape index (κ3) is 3.94. The second kappa shape index (κ2) is 6.30. The van der Waals surface area contributed by atoms with Crippen molar-refractivity contribution >= 4 is 5.82 Å². The van der Waals surface area contributed by atoms with Gasteiger partial charge in [0.1, 0.15) is 11.6 Å². The van der Waals surface area contributed by atoms with E-state index >= 15 is 0 Å². The molecule has 0 radical (unpaired) electrons. The number of aryl methyl sites for hydroxylation is 1. The van der Waals surface area contributed by atoms with Gasteiger partial charge in [0.2, 0.25) is 0 Å². The SMILES string of the molecule is Cc1cc(N2CCC(NCC3CC3)CC2)nc(C(C)C)n1. The van der Waals surface area contributed by atoms with Crippen LogP contribution in [0.25, 0.3) is 0 Å². The Bertz CT molecular complexity index is 474. The molecule has 0 unspecified atom stereocenters. The summed E-state index contributed by atoms with van der Waals surface area (Å²) in [7, 11) is 0. The van der Waals surface area contributed by atoms with Crippen molar-refractivity contribution < 1.29 is 0 Å². The van der Waals surface area contributed by atoms with E-state index in [0.717, 1.165) is 36.3 Å². The molecule has 2 aliphatic rings. The molecular formula is C17H28N4. The van der Waals surface area contributed by atoms with E-state index < -0.39 is 0 Å². The zero-order valence-corrected chi connectivity index (χ0v) is 13.6. The van der Waals surface area contributed by atoms with Crippen molar-refractivity contribution in [1.82, 2.24) is 15.3 Å². The Morgan fingerprint density at radius 2 is 1.90 bits per heavy atom. The normalized spacial score (nSPS) is 20.3. The summed E-state index contributed by atoms with van der Waals surface area (Å²) in [5.74, 6) is 3.45. The molecule has 1 aromatic rings. The fourth-order valence-electron chi connectivity index (χ4n) is 2.96. The van der Waals surface area contributed by atoms with Crippen LogP contribution in [0.2, 0.25) is 0 Å². The minimum absolute atomic E-state index is 0.390. The highest BCUT2D eigenvalue weighted by molar-refractivity contribution is 5.40. The molecule has 0 bridgehead atoms. The molecule has 1 saturated carbocycles. The van der Waals surface area contributed by atoms with Crippen molar-refractivity contribution in [2.45, 2.75) is 58.4 Å². The van der Waals surface area contributed by atoms with Gasteiger partial charge in [-0.25, -0.2) is 9.97 Å². The third-order valence-corrected chi connectivity index (χ3v) is 4.59. The van der Waals surface area contributed by atoms with Gasteiger partial charge in [0.15, 0.2) is 0 Å². The van der Waals surface area contributed by atoms with Gasteiger partial charge in [-0.2, -0.15) is 0 Å². The lowest BCUT2D eigenvalue weighted by Gasteiger charge is -2.33. The number of hydrogen-bond donors (Lipinski definition) is 1. The molecule has 1 aliphatic heterocycles. The number of nitrogens with one attached hydrogen (secondary N) is 1. The third-order valence-electron chi connectivity index (χ3n) is 4.59. The molecule has 3 rings (SSSR count). The van der Waals surface area contributed by atoms with E-state index in [1.165, 1.54) is 32.2 Å². The first-order valence-corrected chi connectivity index (χ1v) is 8.45. The second-order valence-corrected chi connectivity index (χ2v) is 6.99. The Morgan fingerprint density at radius 3 is 2.52 bits per heavy atom. The molecule has 1 aliphatic carbocycles. The van der Waals surface area contributed by atoms with Crippen LogP contribution in [-0.2, 0) is 0 Å².